The van der Waals surface area contributed by atoms with Crippen molar-refractivity contribution >= 4 is 0 Å². The maximum atomic E-state index is 5.71. The van der Waals surface area contributed by atoms with Crippen molar-refractivity contribution in [1.29, 1.82) is 0 Å². The number of rotatable bonds is 8. The Morgan fingerprint density at radius 3 is 2.81 bits per heavy atom. The second kappa shape index (κ2) is 6.41. The number of epoxide rings is 1. The fourth-order valence-corrected chi connectivity index (χ4v) is 1.81. The van der Waals surface area contributed by atoms with Gasteiger partial charge in [-0.1, -0.05) is 25.0 Å². The lowest BCUT2D eigenvalue weighted by molar-refractivity contribution is 0.114. The van der Waals surface area contributed by atoms with Crippen molar-refractivity contribution in [3.05, 3.63) is 11.6 Å². The van der Waals surface area contributed by atoms with E-state index in [-0.39, 0.29) is 5.60 Å². The maximum Gasteiger partial charge on any atom is 0.110 e. The van der Waals surface area contributed by atoms with Crippen LogP contribution in [-0.4, -0.2) is 24.9 Å². The fraction of sp³-hybridized carbons (Fsp3) is 0.857. The normalized spacial score (nSPS) is 27.9. The van der Waals surface area contributed by atoms with Gasteiger partial charge in [0, 0.05) is 6.61 Å². The van der Waals surface area contributed by atoms with E-state index in [1.165, 1.54) is 12.0 Å². The third-order valence-electron chi connectivity index (χ3n) is 3.14. The van der Waals surface area contributed by atoms with E-state index in [1.807, 2.05) is 0 Å². The Hall–Kier alpha value is -0.340. The molecule has 1 rings (SSSR count). The van der Waals surface area contributed by atoms with Crippen LogP contribution in [-0.2, 0) is 9.47 Å². The summed E-state index contributed by atoms with van der Waals surface area (Å²) in [4.78, 5) is 0. The van der Waals surface area contributed by atoms with E-state index in [2.05, 4.69) is 33.8 Å². The van der Waals surface area contributed by atoms with E-state index in [0.29, 0.717) is 6.10 Å². The third-order valence-corrected chi connectivity index (χ3v) is 3.14. The smallest absolute Gasteiger partial charge is 0.110 e. The van der Waals surface area contributed by atoms with Gasteiger partial charge in [-0.15, -0.1) is 0 Å². The van der Waals surface area contributed by atoms with Crippen LogP contribution in [0.15, 0.2) is 11.6 Å². The average molecular weight is 226 g/mol. The van der Waals surface area contributed by atoms with Gasteiger partial charge in [0.25, 0.3) is 0 Å². The zero-order valence-corrected chi connectivity index (χ0v) is 11.2. The molecule has 0 amide bonds. The molecule has 0 saturated carbocycles. The molecule has 0 bridgehead atoms. The molecule has 0 N–H and O–H groups in total. The van der Waals surface area contributed by atoms with Gasteiger partial charge in [-0.2, -0.15) is 0 Å². The predicted octanol–water partition coefficient (Wildman–Crippen LogP) is 3.71. The van der Waals surface area contributed by atoms with Gasteiger partial charge in [0.15, 0.2) is 0 Å². The van der Waals surface area contributed by atoms with E-state index in [9.17, 15) is 0 Å². The monoisotopic (exact) mass is 226 g/mol. The molecule has 1 heterocycles. The van der Waals surface area contributed by atoms with E-state index in [1.54, 1.807) is 0 Å². The van der Waals surface area contributed by atoms with Crippen LogP contribution >= 0.6 is 0 Å². The summed E-state index contributed by atoms with van der Waals surface area (Å²) in [6.45, 7) is 10.3. The van der Waals surface area contributed by atoms with E-state index >= 15 is 0 Å². The number of unbranched alkanes of at least 4 members (excludes halogenated alkanes) is 1. The van der Waals surface area contributed by atoms with Gasteiger partial charge in [0.05, 0.1) is 12.2 Å². The van der Waals surface area contributed by atoms with Crippen molar-refractivity contribution in [3.8, 4) is 0 Å². The van der Waals surface area contributed by atoms with Crippen LogP contribution in [0.2, 0.25) is 0 Å². The highest BCUT2D eigenvalue weighted by Gasteiger charge is 2.51. The highest BCUT2D eigenvalue weighted by molar-refractivity contribution is 5.02. The molecule has 1 saturated heterocycles. The van der Waals surface area contributed by atoms with Crippen LogP contribution < -0.4 is 0 Å². The van der Waals surface area contributed by atoms with Crippen molar-refractivity contribution in [2.45, 2.75) is 65.1 Å². The summed E-state index contributed by atoms with van der Waals surface area (Å²) in [5.41, 5.74) is 1.47. The lowest BCUT2D eigenvalue weighted by Crippen LogP contribution is -2.14. The second-order valence-corrected chi connectivity index (χ2v) is 5.17. The molecule has 0 aromatic heterocycles. The minimum atomic E-state index is 0.0815. The summed E-state index contributed by atoms with van der Waals surface area (Å²) >= 11 is 0. The largest absolute Gasteiger partial charge is 0.379 e. The van der Waals surface area contributed by atoms with E-state index in [0.717, 1.165) is 32.5 Å². The molecule has 0 aliphatic carbocycles. The molecular weight excluding hydrogens is 200 g/mol. The predicted molar refractivity (Wildman–Crippen MR) is 67.7 cm³/mol. The number of allylic oxidation sites excluding steroid dienone is 2. The number of hydrogen-bond acceptors (Lipinski definition) is 2. The zero-order chi connectivity index (χ0) is 12.0. The summed E-state index contributed by atoms with van der Waals surface area (Å²) in [6.07, 6.45) is 7.19. The molecule has 1 aliphatic rings. The molecule has 2 heteroatoms. The Balaban J connectivity index is 2.08. The summed E-state index contributed by atoms with van der Waals surface area (Å²) in [7, 11) is 0. The van der Waals surface area contributed by atoms with Gasteiger partial charge in [-0.3, -0.25) is 0 Å². The average Bonchev–Trinajstić information content (AvgIpc) is 2.84. The summed E-state index contributed by atoms with van der Waals surface area (Å²) in [5, 5.41) is 0. The SMILES string of the molecule is CCCCOC[C@H]1O[C@@]1(C)CCC=C(C)C. The molecule has 0 aromatic carbocycles. The van der Waals surface area contributed by atoms with Gasteiger partial charge >= 0.3 is 0 Å². The number of ether oxygens (including phenoxy) is 2. The van der Waals surface area contributed by atoms with Gasteiger partial charge in [-0.25, -0.2) is 0 Å². The first kappa shape index (κ1) is 13.7. The van der Waals surface area contributed by atoms with Gasteiger partial charge in [-0.05, 0) is 40.0 Å². The van der Waals surface area contributed by atoms with Crippen molar-refractivity contribution in [3.63, 3.8) is 0 Å². The molecule has 16 heavy (non-hydrogen) atoms. The molecule has 2 atom stereocenters. The van der Waals surface area contributed by atoms with Crippen LogP contribution in [0, 0.1) is 0 Å². The van der Waals surface area contributed by atoms with E-state index in [4.69, 9.17) is 9.47 Å². The highest BCUT2D eigenvalue weighted by atomic mass is 16.6. The Kier molecular flexibility index (Phi) is 5.50. The van der Waals surface area contributed by atoms with Crippen LogP contribution in [0.1, 0.15) is 53.4 Å². The molecule has 0 radical (unpaired) electrons. The summed E-state index contributed by atoms with van der Waals surface area (Å²) in [6, 6.07) is 0. The highest BCUT2D eigenvalue weighted by Crippen LogP contribution is 2.40. The lowest BCUT2D eigenvalue weighted by atomic mass is 10.0. The van der Waals surface area contributed by atoms with Gasteiger partial charge in [0.1, 0.15) is 6.10 Å². The first-order chi connectivity index (χ1) is 7.58. The fourth-order valence-electron chi connectivity index (χ4n) is 1.81. The molecule has 0 aromatic rings. The van der Waals surface area contributed by atoms with Gasteiger partial charge < -0.3 is 9.47 Å². The lowest BCUT2D eigenvalue weighted by Gasteiger charge is -2.05. The van der Waals surface area contributed by atoms with Crippen LogP contribution in [0.4, 0.5) is 0 Å². The zero-order valence-electron chi connectivity index (χ0n) is 11.2. The molecule has 0 unspecified atom stereocenters. The molecule has 0 spiro atoms. The molecule has 94 valence electrons. The van der Waals surface area contributed by atoms with Crippen molar-refractivity contribution in [1.82, 2.24) is 0 Å². The second-order valence-electron chi connectivity index (χ2n) is 5.17. The molecule has 2 nitrogen and oxygen atoms in total. The minimum absolute atomic E-state index is 0.0815. The first-order valence-electron chi connectivity index (χ1n) is 6.47. The maximum absolute atomic E-state index is 5.71. The first-order valence-corrected chi connectivity index (χ1v) is 6.47. The Labute approximate surface area is 100 Å². The molecule has 1 aliphatic heterocycles. The molecular formula is C14H26O2. The standard InChI is InChI=1S/C14H26O2/c1-5-6-10-15-11-13-14(4,16-13)9-7-8-12(2)3/h8,13H,5-7,9-11H2,1-4H3/t13-,14+/m1/s1. The summed E-state index contributed by atoms with van der Waals surface area (Å²) in [5.74, 6) is 0. The summed E-state index contributed by atoms with van der Waals surface area (Å²) < 4.78 is 11.3. The van der Waals surface area contributed by atoms with Gasteiger partial charge in [0.2, 0.25) is 0 Å². The Morgan fingerprint density at radius 2 is 2.19 bits per heavy atom. The van der Waals surface area contributed by atoms with E-state index < -0.39 is 0 Å². The quantitative estimate of drug-likeness (QED) is 0.357. The van der Waals surface area contributed by atoms with Crippen molar-refractivity contribution < 1.29 is 9.47 Å². The van der Waals surface area contributed by atoms with Crippen LogP contribution in [0.5, 0.6) is 0 Å². The minimum Gasteiger partial charge on any atom is -0.379 e. The third kappa shape index (κ3) is 4.67. The van der Waals surface area contributed by atoms with Crippen LogP contribution in [0.3, 0.4) is 0 Å². The topological polar surface area (TPSA) is 21.8 Å². The van der Waals surface area contributed by atoms with Crippen molar-refractivity contribution in [2.24, 2.45) is 0 Å². The Morgan fingerprint density at radius 1 is 1.44 bits per heavy atom. The van der Waals surface area contributed by atoms with Crippen molar-refractivity contribution in [2.75, 3.05) is 13.2 Å². The molecule has 1 fully saturated rings. The number of hydrogen-bond donors (Lipinski definition) is 0. The Bertz CT molecular complexity index is 231. The van der Waals surface area contributed by atoms with Crippen LogP contribution in [0.25, 0.3) is 0 Å².